The van der Waals surface area contributed by atoms with Crippen LogP contribution < -0.4 is 10.0 Å². The van der Waals surface area contributed by atoms with Gasteiger partial charge >= 0.3 is 0 Å². The normalized spacial score (nSPS) is 11.0. The summed E-state index contributed by atoms with van der Waals surface area (Å²) in [4.78, 5) is 10.2. The van der Waals surface area contributed by atoms with E-state index in [0.717, 1.165) is 19.0 Å². The lowest BCUT2D eigenvalue weighted by atomic mass is 10.2. The predicted octanol–water partition coefficient (Wildman–Crippen LogP) is 2.37. The third kappa shape index (κ3) is 5.81. The van der Waals surface area contributed by atoms with Crippen LogP contribution in [0.2, 0.25) is 0 Å². The molecule has 2 N–H and O–H groups in total. The Kier molecular flexibility index (Phi) is 9.09. The molecule has 0 aliphatic rings. The molecule has 0 saturated heterocycles. The molecule has 0 heterocycles. The fraction of sp³-hybridized carbons (Fsp3) is 0.500. The molecular weight excluding hydrogens is 398 g/mol. The number of hydrogen-bond donors (Lipinski definition) is 2. The van der Waals surface area contributed by atoms with Crippen molar-refractivity contribution in [2.45, 2.75) is 25.2 Å². The summed E-state index contributed by atoms with van der Waals surface area (Å²) >= 11 is 3.15. The second-order valence-electron chi connectivity index (χ2n) is 4.45. The smallest absolute Gasteiger partial charge is 0.274 e. The molecule has 0 saturated carbocycles. The summed E-state index contributed by atoms with van der Waals surface area (Å²) in [6, 6.07) is 2.44. The molecule has 0 fully saturated rings. The summed E-state index contributed by atoms with van der Waals surface area (Å²) < 4.78 is 27.0. The van der Waals surface area contributed by atoms with Crippen molar-refractivity contribution in [3.8, 4) is 0 Å². The Morgan fingerprint density at radius 3 is 2.45 bits per heavy atom. The monoisotopic (exact) mass is 415 g/mol. The Bertz CT molecular complexity index is 625. The van der Waals surface area contributed by atoms with Crippen LogP contribution in [-0.2, 0) is 10.0 Å². The molecule has 1 aromatic rings. The number of nitro benzene ring substituents is 1. The zero-order valence-electron chi connectivity index (χ0n) is 12.3. The highest BCUT2D eigenvalue weighted by Crippen LogP contribution is 2.29. The molecule has 0 aliphatic heterocycles. The van der Waals surface area contributed by atoms with Crippen LogP contribution in [0.1, 0.15) is 18.9 Å². The van der Waals surface area contributed by atoms with Crippen molar-refractivity contribution in [2.75, 3.05) is 19.6 Å². The third-order valence-electron chi connectivity index (χ3n) is 2.82. The first-order valence-electron chi connectivity index (χ1n) is 6.44. The number of nitrogens with zero attached hydrogens (tertiary/aromatic N) is 1. The minimum Gasteiger partial charge on any atom is -0.315 e. The Balaban J connectivity index is 0.00000441. The van der Waals surface area contributed by atoms with Crippen molar-refractivity contribution in [1.82, 2.24) is 10.0 Å². The number of benzene rings is 1. The van der Waals surface area contributed by atoms with Gasteiger partial charge in [-0.1, -0.05) is 22.9 Å². The summed E-state index contributed by atoms with van der Waals surface area (Å²) in [6.45, 7) is 5.11. The summed E-state index contributed by atoms with van der Waals surface area (Å²) in [5.74, 6) is 0. The highest BCUT2D eigenvalue weighted by molar-refractivity contribution is 9.10. The van der Waals surface area contributed by atoms with Crippen LogP contribution >= 0.6 is 28.3 Å². The van der Waals surface area contributed by atoms with Crippen molar-refractivity contribution < 1.29 is 13.3 Å². The van der Waals surface area contributed by atoms with Crippen LogP contribution in [0.4, 0.5) is 5.69 Å². The number of nitro groups is 1. The van der Waals surface area contributed by atoms with Crippen molar-refractivity contribution >= 4 is 44.0 Å². The van der Waals surface area contributed by atoms with Gasteiger partial charge in [-0.3, -0.25) is 10.1 Å². The van der Waals surface area contributed by atoms with Crippen LogP contribution in [0.25, 0.3) is 0 Å². The zero-order chi connectivity index (χ0) is 16.0. The molecule has 0 aromatic heterocycles. The molecule has 1 aromatic carbocycles. The average Bonchev–Trinajstić information content (AvgIpc) is 2.40. The van der Waals surface area contributed by atoms with Gasteiger partial charge in [-0.15, -0.1) is 12.4 Å². The molecule has 1 rings (SSSR count). The molecular formula is C12H19BrClN3O4S. The first kappa shape index (κ1) is 21.3. The van der Waals surface area contributed by atoms with Gasteiger partial charge < -0.3 is 5.32 Å². The number of nitrogens with one attached hydrogen (secondary N) is 2. The number of rotatable bonds is 8. The van der Waals surface area contributed by atoms with Gasteiger partial charge in [0.25, 0.3) is 5.69 Å². The minimum absolute atomic E-state index is 0. The summed E-state index contributed by atoms with van der Waals surface area (Å²) in [7, 11) is -3.77. The Morgan fingerprint density at radius 1 is 1.27 bits per heavy atom. The maximum Gasteiger partial charge on any atom is 0.274 e. The Morgan fingerprint density at radius 2 is 1.91 bits per heavy atom. The van der Waals surface area contributed by atoms with Crippen LogP contribution in [0.15, 0.2) is 21.5 Å². The molecule has 126 valence electrons. The third-order valence-corrected chi connectivity index (χ3v) is 5.08. The lowest BCUT2D eigenvalue weighted by Gasteiger charge is -2.09. The highest BCUT2D eigenvalue weighted by atomic mass is 79.9. The molecule has 0 amide bonds. The molecule has 22 heavy (non-hydrogen) atoms. The van der Waals surface area contributed by atoms with E-state index in [1.165, 1.54) is 6.07 Å². The average molecular weight is 417 g/mol. The van der Waals surface area contributed by atoms with E-state index in [2.05, 4.69) is 26.0 Å². The predicted molar refractivity (Wildman–Crippen MR) is 91.1 cm³/mol. The largest absolute Gasteiger partial charge is 0.315 e. The number of halogens is 2. The molecule has 0 radical (unpaired) electrons. The van der Waals surface area contributed by atoms with Crippen LogP contribution in [0.5, 0.6) is 0 Å². The van der Waals surface area contributed by atoms with Gasteiger partial charge in [-0.2, -0.15) is 0 Å². The standard InChI is InChI=1S/C12H18BrN3O4S.ClH/c1-3-4-14-5-6-15-21(19,20)10-7-11(13)9(2)12(8-10)16(17)18;/h7-8,14-15H,3-6H2,1-2H3;1H. The van der Waals surface area contributed by atoms with Gasteiger partial charge in [-0.25, -0.2) is 13.1 Å². The van der Waals surface area contributed by atoms with E-state index in [1.54, 1.807) is 6.92 Å². The molecule has 7 nitrogen and oxygen atoms in total. The molecule has 0 atom stereocenters. The van der Waals surface area contributed by atoms with Crippen LogP contribution in [0.3, 0.4) is 0 Å². The topological polar surface area (TPSA) is 101 Å². The van der Waals surface area contributed by atoms with Gasteiger partial charge in [-0.05, 0) is 26.0 Å². The Labute approximate surface area is 144 Å². The fourth-order valence-electron chi connectivity index (χ4n) is 1.64. The van der Waals surface area contributed by atoms with Crippen LogP contribution in [-0.4, -0.2) is 33.0 Å². The van der Waals surface area contributed by atoms with E-state index in [9.17, 15) is 18.5 Å². The van der Waals surface area contributed by atoms with E-state index in [0.29, 0.717) is 16.6 Å². The van der Waals surface area contributed by atoms with Crippen molar-refractivity contribution in [1.29, 1.82) is 0 Å². The lowest BCUT2D eigenvalue weighted by molar-refractivity contribution is -0.385. The Hall–Kier alpha value is -0.740. The first-order chi connectivity index (χ1) is 9.79. The van der Waals surface area contributed by atoms with Gasteiger partial charge in [0.15, 0.2) is 0 Å². The van der Waals surface area contributed by atoms with E-state index in [4.69, 9.17) is 0 Å². The second-order valence-corrected chi connectivity index (χ2v) is 7.08. The maximum atomic E-state index is 12.1. The minimum atomic E-state index is -3.77. The van der Waals surface area contributed by atoms with E-state index >= 15 is 0 Å². The zero-order valence-corrected chi connectivity index (χ0v) is 15.5. The maximum absolute atomic E-state index is 12.1. The molecule has 0 spiro atoms. The number of hydrogen-bond acceptors (Lipinski definition) is 5. The van der Waals surface area contributed by atoms with Gasteiger partial charge in [0, 0.05) is 29.2 Å². The van der Waals surface area contributed by atoms with Crippen LogP contribution in [0, 0.1) is 17.0 Å². The first-order valence-corrected chi connectivity index (χ1v) is 8.72. The molecule has 0 aliphatic carbocycles. The molecule has 10 heteroatoms. The fourth-order valence-corrected chi connectivity index (χ4v) is 3.32. The van der Waals surface area contributed by atoms with Crippen molar-refractivity contribution in [3.63, 3.8) is 0 Å². The lowest BCUT2D eigenvalue weighted by Crippen LogP contribution is -2.32. The van der Waals surface area contributed by atoms with Crippen molar-refractivity contribution in [3.05, 3.63) is 32.3 Å². The summed E-state index contributed by atoms with van der Waals surface area (Å²) in [5, 5.41) is 14.0. The molecule has 0 bridgehead atoms. The summed E-state index contributed by atoms with van der Waals surface area (Å²) in [6.07, 6.45) is 0.962. The van der Waals surface area contributed by atoms with Gasteiger partial charge in [0.05, 0.1) is 9.82 Å². The number of sulfonamides is 1. The van der Waals surface area contributed by atoms with E-state index < -0.39 is 14.9 Å². The van der Waals surface area contributed by atoms with Crippen molar-refractivity contribution in [2.24, 2.45) is 0 Å². The second kappa shape index (κ2) is 9.41. The quantitative estimate of drug-likeness (QED) is 0.385. The van der Waals surface area contributed by atoms with Gasteiger partial charge in [0.1, 0.15) is 0 Å². The van der Waals surface area contributed by atoms with E-state index in [-0.39, 0.29) is 29.5 Å². The van der Waals surface area contributed by atoms with Gasteiger partial charge in [0.2, 0.25) is 10.0 Å². The summed E-state index contributed by atoms with van der Waals surface area (Å²) in [5.41, 5.74) is 0.164. The SMILES string of the molecule is CCCNCCNS(=O)(=O)c1cc(Br)c(C)c([N+](=O)[O-])c1.Cl. The molecule has 0 unspecified atom stereocenters. The van der Waals surface area contributed by atoms with E-state index in [1.807, 2.05) is 6.92 Å². The highest BCUT2D eigenvalue weighted by Gasteiger charge is 2.21.